The van der Waals surface area contributed by atoms with Crippen molar-refractivity contribution in [3.8, 4) is 0 Å². The van der Waals surface area contributed by atoms with Crippen LogP contribution in [0.1, 0.15) is 31.9 Å². The first-order valence-corrected chi connectivity index (χ1v) is 6.49. The lowest BCUT2D eigenvalue weighted by Crippen LogP contribution is -2.36. The van der Waals surface area contributed by atoms with Crippen LogP contribution < -0.4 is 0 Å². The van der Waals surface area contributed by atoms with Crippen molar-refractivity contribution < 1.29 is 0 Å². The molecule has 1 aliphatic rings. The van der Waals surface area contributed by atoms with Crippen LogP contribution in [0.2, 0.25) is 0 Å². The number of pyridine rings is 1. The first-order chi connectivity index (χ1) is 8.33. The Balaban J connectivity index is 1.79. The Morgan fingerprint density at radius 3 is 3.12 bits per heavy atom. The quantitative estimate of drug-likeness (QED) is 0.789. The number of rotatable bonds is 2. The van der Waals surface area contributed by atoms with Crippen LogP contribution in [0.5, 0.6) is 0 Å². The number of aromatic nitrogens is 2. The fraction of sp³-hybridized carbons (Fsp3) is 0.500. The Morgan fingerprint density at radius 1 is 1.35 bits per heavy atom. The number of hydrogen-bond donors (Lipinski definition) is 0. The van der Waals surface area contributed by atoms with Gasteiger partial charge in [0.05, 0.1) is 5.69 Å². The number of hydrogen-bond acceptors (Lipinski definition) is 2. The lowest BCUT2D eigenvalue weighted by atomic mass is 10.0. The van der Waals surface area contributed by atoms with Crippen LogP contribution in [0.4, 0.5) is 0 Å². The second kappa shape index (κ2) is 4.49. The van der Waals surface area contributed by atoms with E-state index in [1.54, 1.807) is 0 Å². The first-order valence-electron chi connectivity index (χ1n) is 6.49. The van der Waals surface area contributed by atoms with Crippen LogP contribution in [0.25, 0.3) is 5.65 Å². The SMILES string of the molecule is CC1CCCCN1Cc1cn2ccccc2n1. The first kappa shape index (κ1) is 10.8. The smallest absolute Gasteiger partial charge is 0.137 e. The minimum atomic E-state index is 0.702. The van der Waals surface area contributed by atoms with Gasteiger partial charge in [-0.3, -0.25) is 4.90 Å². The minimum absolute atomic E-state index is 0.702. The maximum Gasteiger partial charge on any atom is 0.137 e. The molecule has 1 atom stereocenters. The molecule has 3 nitrogen and oxygen atoms in total. The minimum Gasteiger partial charge on any atom is -0.307 e. The Labute approximate surface area is 102 Å². The van der Waals surface area contributed by atoms with Gasteiger partial charge in [0.15, 0.2) is 0 Å². The summed E-state index contributed by atoms with van der Waals surface area (Å²) in [4.78, 5) is 7.21. The van der Waals surface area contributed by atoms with Gasteiger partial charge in [-0.05, 0) is 38.4 Å². The van der Waals surface area contributed by atoms with Crippen molar-refractivity contribution in [1.82, 2.24) is 14.3 Å². The van der Waals surface area contributed by atoms with E-state index in [0.717, 1.165) is 12.2 Å². The molecule has 0 aliphatic carbocycles. The van der Waals surface area contributed by atoms with E-state index in [1.165, 1.54) is 31.5 Å². The predicted molar refractivity (Wildman–Crippen MR) is 68.9 cm³/mol. The molecule has 1 aliphatic heterocycles. The summed E-state index contributed by atoms with van der Waals surface area (Å²) in [6.45, 7) is 4.53. The van der Waals surface area contributed by atoms with Crippen LogP contribution in [0.15, 0.2) is 30.6 Å². The Hall–Kier alpha value is -1.35. The zero-order chi connectivity index (χ0) is 11.7. The molecular formula is C14H19N3. The van der Waals surface area contributed by atoms with E-state index in [2.05, 4.69) is 39.7 Å². The van der Waals surface area contributed by atoms with Gasteiger partial charge in [0, 0.05) is 25.0 Å². The van der Waals surface area contributed by atoms with Gasteiger partial charge in [0.25, 0.3) is 0 Å². The van der Waals surface area contributed by atoms with Crippen LogP contribution in [-0.4, -0.2) is 26.9 Å². The summed E-state index contributed by atoms with van der Waals surface area (Å²) in [5, 5.41) is 0. The van der Waals surface area contributed by atoms with Crippen LogP contribution in [0, 0.1) is 0 Å². The van der Waals surface area contributed by atoms with Crippen molar-refractivity contribution in [3.05, 3.63) is 36.3 Å². The highest BCUT2D eigenvalue weighted by Crippen LogP contribution is 2.18. The third-order valence-electron chi connectivity index (χ3n) is 3.72. The van der Waals surface area contributed by atoms with E-state index < -0.39 is 0 Å². The Kier molecular flexibility index (Phi) is 2.85. The number of fused-ring (bicyclic) bond motifs is 1. The highest BCUT2D eigenvalue weighted by atomic mass is 15.2. The van der Waals surface area contributed by atoms with Crippen molar-refractivity contribution >= 4 is 5.65 Å². The van der Waals surface area contributed by atoms with Crippen LogP contribution in [-0.2, 0) is 6.54 Å². The molecule has 0 aromatic carbocycles. The zero-order valence-corrected chi connectivity index (χ0v) is 10.3. The second-order valence-corrected chi connectivity index (χ2v) is 5.01. The molecule has 1 saturated heterocycles. The van der Waals surface area contributed by atoms with Gasteiger partial charge in [-0.15, -0.1) is 0 Å². The van der Waals surface area contributed by atoms with E-state index in [4.69, 9.17) is 0 Å². The molecule has 0 radical (unpaired) electrons. The molecule has 2 aromatic rings. The summed E-state index contributed by atoms with van der Waals surface area (Å²) in [5.74, 6) is 0. The molecular weight excluding hydrogens is 210 g/mol. The standard InChI is InChI=1S/C14H19N3/c1-12-6-2-4-8-16(12)10-13-11-17-9-5-3-7-14(17)15-13/h3,5,7,9,11-12H,2,4,6,8,10H2,1H3. The monoisotopic (exact) mass is 229 g/mol. The molecule has 0 saturated carbocycles. The van der Waals surface area contributed by atoms with Crippen molar-refractivity contribution in [2.45, 2.75) is 38.8 Å². The molecule has 90 valence electrons. The van der Waals surface area contributed by atoms with Gasteiger partial charge in [0.1, 0.15) is 5.65 Å². The predicted octanol–water partition coefficient (Wildman–Crippen LogP) is 2.71. The van der Waals surface area contributed by atoms with E-state index in [1.807, 2.05) is 12.1 Å². The third kappa shape index (κ3) is 2.20. The fourth-order valence-electron chi connectivity index (χ4n) is 2.66. The van der Waals surface area contributed by atoms with Gasteiger partial charge in [-0.2, -0.15) is 0 Å². The molecule has 3 heteroatoms. The molecule has 1 fully saturated rings. The van der Waals surface area contributed by atoms with Gasteiger partial charge < -0.3 is 4.40 Å². The molecule has 0 N–H and O–H groups in total. The lowest BCUT2D eigenvalue weighted by molar-refractivity contribution is 0.151. The lowest BCUT2D eigenvalue weighted by Gasteiger charge is -2.32. The molecule has 0 spiro atoms. The molecule has 3 heterocycles. The fourth-order valence-corrected chi connectivity index (χ4v) is 2.66. The Morgan fingerprint density at radius 2 is 2.29 bits per heavy atom. The molecule has 3 rings (SSSR count). The normalized spacial score (nSPS) is 22.1. The maximum atomic E-state index is 4.66. The van der Waals surface area contributed by atoms with E-state index in [9.17, 15) is 0 Å². The van der Waals surface area contributed by atoms with Crippen molar-refractivity contribution in [3.63, 3.8) is 0 Å². The van der Waals surface area contributed by atoms with E-state index >= 15 is 0 Å². The van der Waals surface area contributed by atoms with Crippen molar-refractivity contribution in [2.24, 2.45) is 0 Å². The van der Waals surface area contributed by atoms with Gasteiger partial charge in [0.2, 0.25) is 0 Å². The molecule has 0 amide bonds. The average molecular weight is 229 g/mol. The summed E-state index contributed by atoms with van der Waals surface area (Å²) in [7, 11) is 0. The molecule has 0 bridgehead atoms. The van der Waals surface area contributed by atoms with E-state index in [-0.39, 0.29) is 0 Å². The van der Waals surface area contributed by atoms with Gasteiger partial charge in [-0.25, -0.2) is 4.98 Å². The van der Waals surface area contributed by atoms with Gasteiger partial charge >= 0.3 is 0 Å². The highest BCUT2D eigenvalue weighted by Gasteiger charge is 2.18. The van der Waals surface area contributed by atoms with Gasteiger partial charge in [-0.1, -0.05) is 12.5 Å². The highest BCUT2D eigenvalue weighted by molar-refractivity contribution is 5.39. The largest absolute Gasteiger partial charge is 0.307 e. The summed E-state index contributed by atoms with van der Waals surface area (Å²) in [6.07, 6.45) is 8.25. The number of likely N-dealkylation sites (tertiary alicyclic amines) is 1. The summed E-state index contributed by atoms with van der Waals surface area (Å²) >= 11 is 0. The third-order valence-corrected chi connectivity index (χ3v) is 3.72. The van der Waals surface area contributed by atoms with Crippen molar-refractivity contribution in [2.75, 3.05) is 6.54 Å². The van der Waals surface area contributed by atoms with Crippen LogP contribution in [0.3, 0.4) is 0 Å². The van der Waals surface area contributed by atoms with Crippen molar-refractivity contribution in [1.29, 1.82) is 0 Å². The molecule has 1 unspecified atom stereocenters. The van der Waals surface area contributed by atoms with E-state index in [0.29, 0.717) is 6.04 Å². The number of nitrogens with zero attached hydrogens (tertiary/aromatic N) is 3. The molecule has 2 aromatic heterocycles. The zero-order valence-electron chi connectivity index (χ0n) is 10.3. The second-order valence-electron chi connectivity index (χ2n) is 5.01. The maximum absolute atomic E-state index is 4.66. The average Bonchev–Trinajstić information content (AvgIpc) is 2.74. The summed E-state index contributed by atoms with van der Waals surface area (Å²) in [6, 6.07) is 6.84. The number of piperidine rings is 1. The summed E-state index contributed by atoms with van der Waals surface area (Å²) in [5.41, 5.74) is 2.23. The number of imidazole rings is 1. The topological polar surface area (TPSA) is 20.5 Å². The molecule has 17 heavy (non-hydrogen) atoms. The van der Waals surface area contributed by atoms with Crippen LogP contribution >= 0.6 is 0 Å². The summed E-state index contributed by atoms with van der Waals surface area (Å²) < 4.78 is 2.10. The Bertz CT molecular complexity index is 470.